The number of aliphatic hydroxyl groups excluding tert-OH is 1. The summed E-state index contributed by atoms with van der Waals surface area (Å²) in [7, 11) is 1.59. The predicted octanol–water partition coefficient (Wildman–Crippen LogP) is 0.780. The van der Waals surface area contributed by atoms with Gasteiger partial charge in [0.05, 0.1) is 6.61 Å². The summed E-state index contributed by atoms with van der Waals surface area (Å²) in [6.07, 6.45) is 0.469. The van der Waals surface area contributed by atoms with Gasteiger partial charge in [0.2, 0.25) is 0 Å². The van der Waals surface area contributed by atoms with Crippen molar-refractivity contribution < 1.29 is 9.90 Å². The molecule has 0 aromatic heterocycles. The average molecular weight is 203 g/mol. The second kappa shape index (κ2) is 5.84. The summed E-state index contributed by atoms with van der Waals surface area (Å²) >= 11 is 0. The highest BCUT2D eigenvalue weighted by Gasteiger charge is 2.00. The molecule has 0 spiro atoms. The van der Waals surface area contributed by atoms with Crippen LogP contribution in [0.4, 0.5) is 0 Å². The van der Waals surface area contributed by atoms with Gasteiger partial charge in [-0.1, -0.05) is 11.8 Å². The first-order valence-corrected chi connectivity index (χ1v) is 4.70. The van der Waals surface area contributed by atoms with Crippen molar-refractivity contribution in [3.8, 4) is 11.8 Å². The third-order valence-corrected chi connectivity index (χ3v) is 1.84. The molecule has 1 aromatic carbocycles. The number of benzene rings is 1. The molecule has 78 valence electrons. The Balaban J connectivity index is 2.73. The minimum absolute atomic E-state index is 0.0727. The van der Waals surface area contributed by atoms with Gasteiger partial charge in [-0.3, -0.25) is 4.79 Å². The lowest BCUT2D eigenvalue weighted by Gasteiger charge is -1.98. The van der Waals surface area contributed by atoms with E-state index in [2.05, 4.69) is 17.2 Å². The van der Waals surface area contributed by atoms with Crippen LogP contribution in [0.25, 0.3) is 0 Å². The molecular formula is C12H13NO2. The molecule has 0 aliphatic rings. The Morgan fingerprint density at radius 2 is 2.07 bits per heavy atom. The minimum Gasteiger partial charge on any atom is -0.395 e. The number of carbonyl (C=O) groups is 1. The Morgan fingerprint density at radius 1 is 1.40 bits per heavy atom. The van der Waals surface area contributed by atoms with Crippen LogP contribution in [0.2, 0.25) is 0 Å². The molecule has 0 bridgehead atoms. The van der Waals surface area contributed by atoms with Crippen LogP contribution in [-0.2, 0) is 0 Å². The van der Waals surface area contributed by atoms with E-state index in [1.165, 1.54) is 0 Å². The van der Waals surface area contributed by atoms with Crippen LogP contribution in [0.3, 0.4) is 0 Å². The van der Waals surface area contributed by atoms with Gasteiger partial charge >= 0.3 is 0 Å². The topological polar surface area (TPSA) is 49.3 Å². The molecule has 0 radical (unpaired) electrons. The van der Waals surface area contributed by atoms with E-state index in [9.17, 15) is 4.79 Å². The van der Waals surface area contributed by atoms with Crippen molar-refractivity contribution in [3.63, 3.8) is 0 Å². The third kappa shape index (κ3) is 3.45. The Morgan fingerprint density at radius 3 is 2.60 bits per heavy atom. The second-order valence-corrected chi connectivity index (χ2v) is 2.93. The standard InChI is InChI=1S/C12H13NO2/c1-13-12(15)11-7-5-10(6-8-11)4-2-3-9-14/h5-8,14H,3,9H2,1H3,(H,13,15). The van der Waals surface area contributed by atoms with Crippen LogP contribution < -0.4 is 5.32 Å². The molecule has 3 heteroatoms. The number of hydrogen-bond donors (Lipinski definition) is 2. The molecule has 1 rings (SSSR count). The highest BCUT2D eigenvalue weighted by molar-refractivity contribution is 5.94. The van der Waals surface area contributed by atoms with Crippen molar-refractivity contribution in [1.82, 2.24) is 5.32 Å². The van der Waals surface area contributed by atoms with Crippen LogP contribution >= 0.6 is 0 Å². The fourth-order valence-electron chi connectivity index (χ4n) is 1.07. The number of hydrogen-bond acceptors (Lipinski definition) is 2. The molecule has 0 unspecified atom stereocenters. The molecule has 0 saturated heterocycles. The lowest BCUT2D eigenvalue weighted by atomic mass is 10.1. The van der Waals surface area contributed by atoms with Gasteiger partial charge in [0.15, 0.2) is 0 Å². The van der Waals surface area contributed by atoms with Crippen molar-refractivity contribution in [3.05, 3.63) is 35.4 Å². The molecule has 0 aliphatic heterocycles. The highest BCUT2D eigenvalue weighted by Crippen LogP contribution is 2.02. The Kier molecular flexibility index (Phi) is 4.39. The maximum absolute atomic E-state index is 11.2. The average Bonchev–Trinajstić information content (AvgIpc) is 2.29. The molecule has 3 nitrogen and oxygen atoms in total. The Bertz CT molecular complexity index is 384. The third-order valence-electron chi connectivity index (χ3n) is 1.84. The molecule has 2 N–H and O–H groups in total. The Labute approximate surface area is 89.1 Å². The maximum Gasteiger partial charge on any atom is 0.251 e. The summed E-state index contributed by atoms with van der Waals surface area (Å²) in [6, 6.07) is 7.02. The molecule has 1 aromatic rings. The summed E-state index contributed by atoms with van der Waals surface area (Å²) in [6.45, 7) is 0.0727. The van der Waals surface area contributed by atoms with Crippen molar-refractivity contribution >= 4 is 5.91 Å². The normalized spacial score (nSPS) is 8.93. The van der Waals surface area contributed by atoms with E-state index in [0.717, 1.165) is 5.56 Å². The highest BCUT2D eigenvalue weighted by atomic mass is 16.2. The van der Waals surface area contributed by atoms with Gasteiger partial charge < -0.3 is 10.4 Å². The van der Waals surface area contributed by atoms with Crippen molar-refractivity contribution in [2.24, 2.45) is 0 Å². The summed E-state index contributed by atoms with van der Waals surface area (Å²) in [5.74, 6) is 5.59. The molecule has 15 heavy (non-hydrogen) atoms. The first-order chi connectivity index (χ1) is 7.27. The van der Waals surface area contributed by atoms with Gasteiger partial charge in [0.1, 0.15) is 0 Å². The van der Waals surface area contributed by atoms with E-state index in [1.54, 1.807) is 31.3 Å². The van der Waals surface area contributed by atoms with Crippen molar-refractivity contribution in [2.75, 3.05) is 13.7 Å². The van der Waals surface area contributed by atoms with Gasteiger partial charge in [-0.15, -0.1) is 0 Å². The molecule has 0 saturated carbocycles. The molecule has 0 fully saturated rings. The fourth-order valence-corrected chi connectivity index (χ4v) is 1.07. The van der Waals surface area contributed by atoms with Crippen LogP contribution in [0.5, 0.6) is 0 Å². The van der Waals surface area contributed by atoms with E-state index in [1.807, 2.05) is 0 Å². The fraction of sp³-hybridized carbons (Fsp3) is 0.250. The van der Waals surface area contributed by atoms with Crippen LogP contribution in [-0.4, -0.2) is 24.7 Å². The number of aliphatic hydroxyl groups is 1. The zero-order chi connectivity index (χ0) is 11.1. The summed E-state index contributed by atoms with van der Waals surface area (Å²) < 4.78 is 0. The maximum atomic E-state index is 11.2. The van der Waals surface area contributed by atoms with E-state index in [0.29, 0.717) is 12.0 Å². The number of carbonyl (C=O) groups excluding carboxylic acids is 1. The van der Waals surface area contributed by atoms with Crippen molar-refractivity contribution in [2.45, 2.75) is 6.42 Å². The van der Waals surface area contributed by atoms with Gasteiger partial charge in [0, 0.05) is 24.6 Å². The van der Waals surface area contributed by atoms with Gasteiger partial charge in [-0.25, -0.2) is 0 Å². The minimum atomic E-state index is -0.107. The molecule has 1 amide bonds. The predicted molar refractivity (Wildman–Crippen MR) is 58.4 cm³/mol. The summed E-state index contributed by atoms with van der Waals surface area (Å²) in [4.78, 5) is 11.2. The number of rotatable bonds is 2. The Hall–Kier alpha value is -1.79. The van der Waals surface area contributed by atoms with Gasteiger partial charge in [-0.05, 0) is 24.3 Å². The largest absolute Gasteiger partial charge is 0.395 e. The number of amides is 1. The first-order valence-electron chi connectivity index (χ1n) is 4.70. The van der Waals surface area contributed by atoms with E-state index >= 15 is 0 Å². The lowest BCUT2D eigenvalue weighted by molar-refractivity contribution is 0.0963. The number of nitrogens with one attached hydrogen (secondary N) is 1. The zero-order valence-electron chi connectivity index (χ0n) is 8.58. The summed E-state index contributed by atoms with van der Waals surface area (Å²) in [5, 5.41) is 11.1. The van der Waals surface area contributed by atoms with E-state index in [4.69, 9.17) is 5.11 Å². The summed E-state index contributed by atoms with van der Waals surface area (Å²) in [5.41, 5.74) is 1.46. The smallest absolute Gasteiger partial charge is 0.251 e. The van der Waals surface area contributed by atoms with Crippen LogP contribution in [0.1, 0.15) is 22.3 Å². The van der Waals surface area contributed by atoms with Crippen molar-refractivity contribution in [1.29, 1.82) is 0 Å². The van der Waals surface area contributed by atoms with Gasteiger partial charge in [-0.2, -0.15) is 0 Å². The lowest BCUT2D eigenvalue weighted by Crippen LogP contribution is -2.17. The second-order valence-electron chi connectivity index (χ2n) is 2.93. The van der Waals surface area contributed by atoms with E-state index < -0.39 is 0 Å². The monoisotopic (exact) mass is 203 g/mol. The molecule has 0 aliphatic carbocycles. The quantitative estimate of drug-likeness (QED) is 0.698. The van der Waals surface area contributed by atoms with Gasteiger partial charge in [0.25, 0.3) is 5.91 Å². The molecular weight excluding hydrogens is 190 g/mol. The molecule has 0 heterocycles. The van der Waals surface area contributed by atoms with Crippen LogP contribution in [0, 0.1) is 11.8 Å². The van der Waals surface area contributed by atoms with E-state index in [-0.39, 0.29) is 12.5 Å². The zero-order valence-corrected chi connectivity index (χ0v) is 8.58. The SMILES string of the molecule is CNC(=O)c1ccc(C#CCCO)cc1. The molecule has 0 atom stereocenters. The van der Waals surface area contributed by atoms with Crippen LogP contribution in [0.15, 0.2) is 24.3 Å². The first kappa shape index (κ1) is 11.3.